The van der Waals surface area contributed by atoms with Crippen LogP contribution in [0.15, 0.2) is 24.3 Å². The van der Waals surface area contributed by atoms with E-state index in [9.17, 15) is 9.18 Å². The monoisotopic (exact) mass is 366 g/mol. The normalized spacial score (nSPS) is 17.3. The first-order valence-corrected chi connectivity index (χ1v) is 8.29. The molecule has 1 fully saturated rings. The minimum absolute atomic E-state index is 0. The zero-order valence-corrected chi connectivity index (χ0v) is 15.6. The topological polar surface area (TPSA) is 50.2 Å². The highest BCUT2D eigenvalue weighted by Gasteiger charge is 2.24. The van der Waals surface area contributed by atoms with Gasteiger partial charge in [0, 0.05) is 30.4 Å². The number of halogens is 2. The Bertz CT molecular complexity index is 762. The van der Waals surface area contributed by atoms with Crippen LogP contribution in [0, 0.1) is 19.7 Å². The van der Waals surface area contributed by atoms with Crippen LogP contribution in [0.4, 0.5) is 4.39 Å². The fraction of sp³-hybridized carbons (Fsp3) is 0.444. The second-order valence-corrected chi connectivity index (χ2v) is 6.38. The highest BCUT2D eigenvalue weighted by Crippen LogP contribution is 2.20. The molecular formula is C18H24ClFN4O. The molecule has 0 bridgehead atoms. The standard InChI is InChI=1S/C18H23FN4O.ClH/c1-12-9-13(2)23(21-12)17-7-6-14(10-16(17)19)18(24)22-8-4-5-15(11-22)20-3;/h6-7,9-10,15,20H,4-5,8,11H2,1-3H3;1H. The van der Waals surface area contributed by atoms with Crippen molar-refractivity contribution in [1.82, 2.24) is 20.0 Å². The summed E-state index contributed by atoms with van der Waals surface area (Å²) in [5, 5.41) is 7.51. The van der Waals surface area contributed by atoms with Gasteiger partial charge in [-0.1, -0.05) is 0 Å². The maximum atomic E-state index is 14.6. The van der Waals surface area contributed by atoms with Crippen molar-refractivity contribution in [2.45, 2.75) is 32.7 Å². The molecule has 136 valence electrons. The number of hydrogen-bond acceptors (Lipinski definition) is 3. The first-order chi connectivity index (χ1) is 11.5. The predicted octanol–water partition coefficient (Wildman–Crippen LogP) is 2.87. The number of carbonyl (C=O) groups excluding carboxylic acids is 1. The lowest BCUT2D eigenvalue weighted by molar-refractivity contribution is 0.0697. The van der Waals surface area contributed by atoms with E-state index in [0.29, 0.717) is 23.8 Å². The summed E-state index contributed by atoms with van der Waals surface area (Å²) >= 11 is 0. The van der Waals surface area contributed by atoms with Gasteiger partial charge in [0.2, 0.25) is 0 Å². The van der Waals surface area contributed by atoms with Gasteiger partial charge in [-0.15, -0.1) is 12.4 Å². The average molecular weight is 367 g/mol. The number of piperidine rings is 1. The van der Waals surface area contributed by atoms with Crippen molar-refractivity contribution in [3.8, 4) is 5.69 Å². The summed E-state index contributed by atoms with van der Waals surface area (Å²) in [6, 6.07) is 6.82. The molecule has 7 heteroatoms. The highest BCUT2D eigenvalue weighted by atomic mass is 35.5. The summed E-state index contributed by atoms with van der Waals surface area (Å²) in [7, 11) is 1.90. The summed E-state index contributed by atoms with van der Waals surface area (Å²) < 4.78 is 16.1. The van der Waals surface area contributed by atoms with Gasteiger partial charge in [-0.2, -0.15) is 5.10 Å². The number of carbonyl (C=O) groups is 1. The number of amides is 1. The van der Waals surface area contributed by atoms with Gasteiger partial charge in [0.05, 0.1) is 5.69 Å². The molecule has 0 radical (unpaired) electrons. The van der Waals surface area contributed by atoms with E-state index in [-0.39, 0.29) is 18.3 Å². The molecule has 3 rings (SSSR count). The Hall–Kier alpha value is -1.92. The molecule has 1 aromatic carbocycles. The lowest BCUT2D eigenvalue weighted by Gasteiger charge is -2.32. The Morgan fingerprint density at radius 1 is 1.32 bits per heavy atom. The molecule has 1 N–H and O–H groups in total. The molecule has 0 saturated carbocycles. The number of aromatic nitrogens is 2. The third-order valence-electron chi connectivity index (χ3n) is 4.55. The smallest absolute Gasteiger partial charge is 0.254 e. The second kappa shape index (κ2) is 7.97. The Morgan fingerprint density at radius 2 is 2.08 bits per heavy atom. The van der Waals surface area contributed by atoms with Gasteiger partial charge in [0.15, 0.2) is 0 Å². The number of rotatable bonds is 3. The van der Waals surface area contributed by atoms with Crippen molar-refractivity contribution in [3.05, 3.63) is 47.0 Å². The van der Waals surface area contributed by atoms with Crippen LogP contribution in [0.5, 0.6) is 0 Å². The minimum atomic E-state index is -0.436. The third kappa shape index (κ3) is 4.02. The van der Waals surface area contributed by atoms with E-state index in [2.05, 4.69) is 10.4 Å². The fourth-order valence-corrected chi connectivity index (χ4v) is 3.26. The van der Waals surface area contributed by atoms with Gasteiger partial charge < -0.3 is 10.2 Å². The SMILES string of the molecule is CNC1CCCN(C(=O)c2ccc(-n3nc(C)cc3C)c(F)c2)C1.Cl. The van der Waals surface area contributed by atoms with E-state index in [0.717, 1.165) is 30.8 Å². The van der Waals surface area contributed by atoms with E-state index in [1.54, 1.807) is 21.7 Å². The largest absolute Gasteiger partial charge is 0.337 e. The van der Waals surface area contributed by atoms with Gasteiger partial charge in [0.1, 0.15) is 11.5 Å². The number of benzene rings is 1. The summed E-state index contributed by atoms with van der Waals surface area (Å²) in [4.78, 5) is 14.4. The van der Waals surface area contributed by atoms with Gasteiger partial charge in [-0.25, -0.2) is 9.07 Å². The van der Waals surface area contributed by atoms with Gasteiger partial charge in [-0.3, -0.25) is 4.79 Å². The van der Waals surface area contributed by atoms with Crippen LogP contribution in [0.25, 0.3) is 5.69 Å². The van der Waals surface area contributed by atoms with E-state index >= 15 is 0 Å². The molecule has 0 spiro atoms. The second-order valence-electron chi connectivity index (χ2n) is 6.38. The van der Waals surface area contributed by atoms with Crippen molar-refractivity contribution in [2.24, 2.45) is 0 Å². The van der Waals surface area contributed by atoms with Crippen LogP contribution in [0.3, 0.4) is 0 Å². The van der Waals surface area contributed by atoms with Crippen molar-refractivity contribution in [1.29, 1.82) is 0 Å². The number of nitrogens with zero attached hydrogens (tertiary/aromatic N) is 3. The first kappa shape index (κ1) is 19.4. The van der Waals surface area contributed by atoms with Crippen LogP contribution in [-0.4, -0.2) is 46.8 Å². The predicted molar refractivity (Wildman–Crippen MR) is 98.2 cm³/mol. The summed E-state index contributed by atoms with van der Waals surface area (Å²) in [5.74, 6) is -0.553. The number of likely N-dealkylation sites (tertiary alicyclic amines) is 1. The Labute approximate surface area is 153 Å². The lowest BCUT2D eigenvalue weighted by Crippen LogP contribution is -2.47. The first-order valence-electron chi connectivity index (χ1n) is 8.29. The molecule has 1 aliphatic heterocycles. The van der Waals surface area contributed by atoms with Crippen LogP contribution in [0.2, 0.25) is 0 Å². The summed E-state index contributed by atoms with van der Waals surface area (Å²) in [6.45, 7) is 5.13. The van der Waals surface area contributed by atoms with Crippen molar-refractivity contribution in [2.75, 3.05) is 20.1 Å². The van der Waals surface area contributed by atoms with Crippen molar-refractivity contribution >= 4 is 18.3 Å². The number of aryl methyl sites for hydroxylation is 2. The van der Waals surface area contributed by atoms with Crippen LogP contribution < -0.4 is 5.32 Å². The van der Waals surface area contributed by atoms with Crippen molar-refractivity contribution < 1.29 is 9.18 Å². The van der Waals surface area contributed by atoms with Crippen LogP contribution >= 0.6 is 12.4 Å². The van der Waals surface area contributed by atoms with Crippen LogP contribution in [0.1, 0.15) is 34.6 Å². The van der Waals surface area contributed by atoms with Gasteiger partial charge >= 0.3 is 0 Å². The Balaban J connectivity index is 0.00000225. The average Bonchev–Trinajstić information content (AvgIpc) is 2.92. The zero-order chi connectivity index (χ0) is 17.3. The van der Waals surface area contributed by atoms with E-state index in [4.69, 9.17) is 0 Å². The van der Waals surface area contributed by atoms with Crippen molar-refractivity contribution in [3.63, 3.8) is 0 Å². The molecule has 2 heterocycles. The van der Waals surface area contributed by atoms with E-state index in [1.807, 2.05) is 27.0 Å². The quantitative estimate of drug-likeness (QED) is 0.908. The molecule has 5 nitrogen and oxygen atoms in total. The molecule has 1 aliphatic rings. The third-order valence-corrected chi connectivity index (χ3v) is 4.55. The molecule has 0 aliphatic carbocycles. The Morgan fingerprint density at radius 3 is 2.68 bits per heavy atom. The van der Waals surface area contributed by atoms with E-state index < -0.39 is 5.82 Å². The fourth-order valence-electron chi connectivity index (χ4n) is 3.26. The molecule has 1 aromatic heterocycles. The Kier molecular flexibility index (Phi) is 6.19. The molecule has 1 unspecified atom stereocenters. The maximum absolute atomic E-state index is 14.6. The van der Waals surface area contributed by atoms with Gasteiger partial charge in [-0.05, 0) is 58.0 Å². The molecular weight excluding hydrogens is 343 g/mol. The molecule has 25 heavy (non-hydrogen) atoms. The number of hydrogen-bond donors (Lipinski definition) is 1. The zero-order valence-electron chi connectivity index (χ0n) is 14.8. The van der Waals surface area contributed by atoms with Crippen LogP contribution in [-0.2, 0) is 0 Å². The molecule has 1 amide bonds. The molecule has 1 saturated heterocycles. The molecule has 1 atom stereocenters. The lowest BCUT2D eigenvalue weighted by atomic mass is 10.0. The van der Waals surface area contributed by atoms with E-state index in [1.165, 1.54) is 6.07 Å². The van der Waals surface area contributed by atoms with Gasteiger partial charge in [0.25, 0.3) is 5.91 Å². The highest BCUT2D eigenvalue weighted by molar-refractivity contribution is 5.94. The number of likely N-dealkylation sites (N-methyl/N-ethyl adjacent to an activating group) is 1. The summed E-state index contributed by atoms with van der Waals surface area (Å²) in [6.07, 6.45) is 2.02. The number of nitrogens with one attached hydrogen (secondary N) is 1. The molecule has 2 aromatic rings. The minimum Gasteiger partial charge on any atom is -0.337 e. The summed E-state index contributed by atoms with van der Waals surface area (Å²) in [5.41, 5.74) is 2.44. The maximum Gasteiger partial charge on any atom is 0.254 e.